The molecule has 3 rings (SSSR count). The Morgan fingerprint density at radius 3 is 2.38 bits per heavy atom. The number of nitrogens with two attached hydrogens (primary N) is 1. The van der Waals surface area contributed by atoms with Gasteiger partial charge in [-0.15, -0.1) is 0 Å². The van der Waals surface area contributed by atoms with Crippen molar-refractivity contribution < 1.29 is 9.90 Å². The van der Waals surface area contributed by atoms with Gasteiger partial charge in [0.15, 0.2) is 5.60 Å². The standard InChI is InChI=1S/C20H24N2O2/c21-19(23)20(24,17-10-5-2-6-11-17)18-12-7-13-22(15-18)14-16-8-3-1-4-9-16/h1-6,8-11,18,24H,7,12-15H2,(H2,21,23)/t18-,20?/m0/s1. The number of rotatable bonds is 5. The molecule has 126 valence electrons. The molecule has 0 bridgehead atoms. The Kier molecular flexibility index (Phi) is 4.97. The van der Waals surface area contributed by atoms with Gasteiger partial charge in [0, 0.05) is 19.0 Å². The van der Waals surface area contributed by atoms with Crippen LogP contribution < -0.4 is 5.73 Å². The Morgan fingerprint density at radius 2 is 1.75 bits per heavy atom. The molecule has 0 spiro atoms. The van der Waals surface area contributed by atoms with Crippen molar-refractivity contribution >= 4 is 5.91 Å². The predicted octanol–water partition coefficient (Wildman–Crippen LogP) is 2.27. The predicted molar refractivity (Wildman–Crippen MR) is 94.0 cm³/mol. The number of likely N-dealkylation sites (tertiary alicyclic amines) is 1. The molecule has 1 heterocycles. The van der Waals surface area contributed by atoms with Crippen molar-refractivity contribution in [3.05, 3.63) is 71.8 Å². The SMILES string of the molecule is NC(=O)C(O)(c1ccccc1)[C@H]1CCCN(Cc2ccccc2)C1. The van der Waals surface area contributed by atoms with Gasteiger partial charge in [0.1, 0.15) is 0 Å². The van der Waals surface area contributed by atoms with Gasteiger partial charge in [0.05, 0.1) is 0 Å². The normalized spacial score (nSPS) is 21.1. The summed E-state index contributed by atoms with van der Waals surface area (Å²) < 4.78 is 0. The molecule has 2 aromatic carbocycles. The first kappa shape index (κ1) is 16.7. The maximum Gasteiger partial charge on any atom is 0.254 e. The zero-order chi connectivity index (χ0) is 17.0. The summed E-state index contributed by atoms with van der Waals surface area (Å²) in [6.45, 7) is 2.44. The van der Waals surface area contributed by atoms with Crippen molar-refractivity contribution in [2.24, 2.45) is 11.7 Å². The molecule has 4 heteroatoms. The lowest BCUT2D eigenvalue weighted by Gasteiger charge is -2.40. The van der Waals surface area contributed by atoms with Crippen molar-refractivity contribution in [2.75, 3.05) is 13.1 Å². The van der Waals surface area contributed by atoms with Crippen LogP contribution in [-0.4, -0.2) is 29.0 Å². The van der Waals surface area contributed by atoms with Crippen LogP contribution in [-0.2, 0) is 16.9 Å². The van der Waals surface area contributed by atoms with Gasteiger partial charge in [-0.1, -0.05) is 60.7 Å². The zero-order valence-electron chi connectivity index (χ0n) is 13.8. The average Bonchev–Trinajstić information content (AvgIpc) is 2.62. The molecule has 1 unspecified atom stereocenters. The second-order valence-corrected chi connectivity index (χ2v) is 6.56. The second kappa shape index (κ2) is 7.16. The Bertz CT molecular complexity index is 675. The summed E-state index contributed by atoms with van der Waals surface area (Å²) in [5.74, 6) is -0.866. The number of benzene rings is 2. The topological polar surface area (TPSA) is 66.6 Å². The molecule has 2 aromatic rings. The lowest BCUT2D eigenvalue weighted by Crippen LogP contribution is -2.52. The molecule has 2 atom stereocenters. The molecule has 4 nitrogen and oxygen atoms in total. The number of primary amides is 1. The highest BCUT2D eigenvalue weighted by Gasteiger charge is 2.45. The molecular weight excluding hydrogens is 300 g/mol. The first-order chi connectivity index (χ1) is 11.6. The summed E-state index contributed by atoms with van der Waals surface area (Å²) in [4.78, 5) is 14.4. The molecule has 1 aliphatic heterocycles. The molecule has 0 aromatic heterocycles. The van der Waals surface area contributed by atoms with Crippen LogP contribution in [0.4, 0.5) is 0 Å². The fraction of sp³-hybridized carbons (Fsp3) is 0.350. The minimum absolute atomic E-state index is 0.199. The molecule has 0 saturated carbocycles. The fourth-order valence-corrected chi connectivity index (χ4v) is 3.65. The first-order valence-corrected chi connectivity index (χ1v) is 8.45. The van der Waals surface area contributed by atoms with Crippen LogP contribution in [0.3, 0.4) is 0 Å². The fourth-order valence-electron chi connectivity index (χ4n) is 3.65. The van der Waals surface area contributed by atoms with Crippen LogP contribution in [0.25, 0.3) is 0 Å². The zero-order valence-corrected chi connectivity index (χ0v) is 13.8. The Morgan fingerprint density at radius 1 is 1.12 bits per heavy atom. The van der Waals surface area contributed by atoms with Crippen LogP contribution >= 0.6 is 0 Å². The quantitative estimate of drug-likeness (QED) is 0.887. The van der Waals surface area contributed by atoms with E-state index in [1.807, 2.05) is 36.4 Å². The van der Waals surface area contributed by atoms with Gasteiger partial charge < -0.3 is 10.8 Å². The monoisotopic (exact) mass is 324 g/mol. The maximum atomic E-state index is 12.1. The Balaban J connectivity index is 1.80. The van der Waals surface area contributed by atoms with Gasteiger partial charge in [-0.2, -0.15) is 0 Å². The van der Waals surface area contributed by atoms with E-state index in [1.165, 1.54) is 5.56 Å². The van der Waals surface area contributed by atoms with E-state index in [0.29, 0.717) is 12.1 Å². The van der Waals surface area contributed by atoms with E-state index < -0.39 is 11.5 Å². The average molecular weight is 324 g/mol. The molecule has 0 radical (unpaired) electrons. The van der Waals surface area contributed by atoms with Crippen LogP contribution in [0.15, 0.2) is 60.7 Å². The van der Waals surface area contributed by atoms with Crippen LogP contribution in [0.2, 0.25) is 0 Å². The Labute approximate surface area is 142 Å². The molecule has 24 heavy (non-hydrogen) atoms. The summed E-state index contributed by atoms with van der Waals surface area (Å²) in [6, 6.07) is 19.3. The van der Waals surface area contributed by atoms with Crippen molar-refractivity contribution in [1.82, 2.24) is 4.90 Å². The van der Waals surface area contributed by atoms with E-state index in [2.05, 4.69) is 17.0 Å². The van der Waals surface area contributed by atoms with Crippen molar-refractivity contribution in [1.29, 1.82) is 0 Å². The van der Waals surface area contributed by atoms with Crippen molar-refractivity contribution in [3.8, 4) is 0 Å². The van der Waals surface area contributed by atoms with Crippen LogP contribution in [0.1, 0.15) is 24.0 Å². The van der Waals surface area contributed by atoms with E-state index >= 15 is 0 Å². The largest absolute Gasteiger partial charge is 0.375 e. The van der Waals surface area contributed by atoms with Gasteiger partial charge in [-0.25, -0.2) is 0 Å². The van der Waals surface area contributed by atoms with Crippen molar-refractivity contribution in [3.63, 3.8) is 0 Å². The van der Waals surface area contributed by atoms with E-state index in [4.69, 9.17) is 5.73 Å². The lowest BCUT2D eigenvalue weighted by atomic mass is 9.76. The molecule has 0 aliphatic carbocycles. The van der Waals surface area contributed by atoms with Gasteiger partial charge in [-0.3, -0.25) is 9.69 Å². The summed E-state index contributed by atoms with van der Waals surface area (Å²) in [7, 11) is 0. The maximum absolute atomic E-state index is 12.1. The van der Waals surface area contributed by atoms with Gasteiger partial charge >= 0.3 is 0 Å². The van der Waals surface area contributed by atoms with Crippen LogP contribution in [0.5, 0.6) is 0 Å². The number of hydrogen-bond donors (Lipinski definition) is 2. The number of amides is 1. The number of aliphatic hydroxyl groups is 1. The second-order valence-electron chi connectivity index (χ2n) is 6.56. The van der Waals surface area contributed by atoms with E-state index in [-0.39, 0.29) is 5.92 Å². The highest BCUT2D eigenvalue weighted by Crippen LogP contribution is 2.35. The summed E-state index contributed by atoms with van der Waals surface area (Å²) in [5, 5.41) is 11.2. The lowest BCUT2D eigenvalue weighted by molar-refractivity contribution is -0.147. The van der Waals surface area contributed by atoms with Gasteiger partial charge in [0.2, 0.25) is 0 Å². The number of piperidine rings is 1. The highest BCUT2D eigenvalue weighted by atomic mass is 16.3. The third kappa shape index (κ3) is 3.35. The summed E-state index contributed by atoms with van der Waals surface area (Å²) in [5.41, 5.74) is 5.83. The van der Waals surface area contributed by atoms with E-state index in [1.54, 1.807) is 12.1 Å². The van der Waals surface area contributed by atoms with E-state index in [0.717, 1.165) is 25.9 Å². The summed E-state index contributed by atoms with van der Waals surface area (Å²) >= 11 is 0. The number of carbonyl (C=O) groups is 1. The third-order valence-electron chi connectivity index (χ3n) is 4.93. The van der Waals surface area contributed by atoms with Crippen molar-refractivity contribution in [2.45, 2.75) is 25.0 Å². The molecule has 1 aliphatic rings. The van der Waals surface area contributed by atoms with Gasteiger partial charge in [0.25, 0.3) is 5.91 Å². The third-order valence-corrected chi connectivity index (χ3v) is 4.93. The number of carbonyl (C=O) groups excluding carboxylic acids is 1. The highest BCUT2D eigenvalue weighted by molar-refractivity contribution is 5.85. The molecule has 1 saturated heterocycles. The molecule has 1 amide bonds. The molecule has 3 N–H and O–H groups in total. The molecular formula is C20H24N2O2. The smallest absolute Gasteiger partial charge is 0.254 e. The number of hydrogen-bond acceptors (Lipinski definition) is 3. The Hall–Kier alpha value is -2.17. The molecule has 1 fully saturated rings. The summed E-state index contributed by atoms with van der Waals surface area (Å²) in [6.07, 6.45) is 1.74. The first-order valence-electron chi connectivity index (χ1n) is 8.45. The number of nitrogens with zero attached hydrogens (tertiary/aromatic N) is 1. The minimum atomic E-state index is -1.61. The van der Waals surface area contributed by atoms with Crippen LogP contribution in [0, 0.1) is 5.92 Å². The minimum Gasteiger partial charge on any atom is -0.375 e. The van der Waals surface area contributed by atoms with Gasteiger partial charge in [-0.05, 0) is 30.5 Å². The van der Waals surface area contributed by atoms with E-state index in [9.17, 15) is 9.90 Å².